The van der Waals surface area contributed by atoms with Gasteiger partial charge in [-0.2, -0.15) is 0 Å². The van der Waals surface area contributed by atoms with E-state index in [2.05, 4.69) is 20.8 Å². The van der Waals surface area contributed by atoms with E-state index >= 15 is 0 Å². The van der Waals surface area contributed by atoms with Crippen molar-refractivity contribution >= 4 is 29.1 Å². The van der Waals surface area contributed by atoms with Crippen LogP contribution in [-0.4, -0.2) is 49.9 Å². The molecule has 2 heterocycles. The number of hydrogen-bond acceptors (Lipinski definition) is 7. The number of thioether (sulfide) groups is 1. The molecule has 1 N–H and O–H groups in total. The largest absolute Gasteiger partial charge is 0.376 e. The molecule has 1 aromatic carbocycles. The van der Waals surface area contributed by atoms with E-state index in [1.54, 1.807) is 35.9 Å². The molecule has 0 radical (unpaired) electrons. The summed E-state index contributed by atoms with van der Waals surface area (Å²) < 4.78 is 7.30. The number of tetrazole rings is 1. The molecule has 26 heavy (non-hydrogen) atoms. The van der Waals surface area contributed by atoms with Crippen molar-refractivity contribution in [1.29, 1.82) is 0 Å². The Hall–Kier alpha value is -2.26. The van der Waals surface area contributed by atoms with Gasteiger partial charge in [0.05, 0.1) is 17.9 Å². The minimum Gasteiger partial charge on any atom is -0.376 e. The van der Waals surface area contributed by atoms with Crippen molar-refractivity contribution in [2.75, 3.05) is 11.9 Å². The lowest BCUT2D eigenvalue weighted by Gasteiger charge is -2.13. The lowest BCUT2D eigenvalue weighted by molar-refractivity contribution is -0.115. The van der Waals surface area contributed by atoms with Crippen LogP contribution < -0.4 is 5.32 Å². The van der Waals surface area contributed by atoms with Crippen LogP contribution >= 0.6 is 11.8 Å². The van der Waals surface area contributed by atoms with E-state index in [0.717, 1.165) is 19.4 Å². The van der Waals surface area contributed by atoms with Crippen molar-refractivity contribution < 1.29 is 14.3 Å². The quantitative estimate of drug-likeness (QED) is 0.585. The number of aromatic nitrogens is 4. The van der Waals surface area contributed by atoms with Crippen LogP contribution in [0.2, 0.25) is 0 Å². The molecule has 0 spiro atoms. The van der Waals surface area contributed by atoms with Crippen LogP contribution in [0, 0.1) is 0 Å². The summed E-state index contributed by atoms with van der Waals surface area (Å²) >= 11 is 1.30. The second kappa shape index (κ2) is 8.41. The smallest absolute Gasteiger partial charge is 0.237 e. The zero-order valence-corrected chi connectivity index (χ0v) is 15.5. The molecule has 2 atom stereocenters. The Morgan fingerprint density at radius 1 is 1.38 bits per heavy atom. The van der Waals surface area contributed by atoms with Gasteiger partial charge in [0.1, 0.15) is 0 Å². The standard InChI is InChI=1S/C17H21N5O3S/c1-11(23)13-5-7-14(8-6-13)18-16(24)12(2)26-17-19-20-21-22(17)10-15-4-3-9-25-15/h5-8,12,15H,3-4,9-10H2,1-2H3,(H,18,24)/t12-,15+/m1/s1. The Morgan fingerprint density at radius 3 is 2.81 bits per heavy atom. The maximum absolute atomic E-state index is 12.4. The Morgan fingerprint density at radius 2 is 2.15 bits per heavy atom. The lowest BCUT2D eigenvalue weighted by atomic mass is 10.1. The highest BCUT2D eigenvalue weighted by molar-refractivity contribution is 8.00. The molecule has 1 amide bonds. The molecule has 1 aromatic heterocycles. The highest BCUT2D eigenvalue weighted by Crippen LogP contribution is 2.23. The number of anilines is 1. The predicted octanol–water partition coefficient (Wildman–Crippen LogP) is 2.17. The highest BCUT2D eigenvalue weighted by atomic mass is 32.2. The predicted molar refractivity (Wildman–Crippen MR) is 97.2 cm³/mol. The number of nitrogens with zero attached hydrogens (tertiary/aromatic N) is 4. The summed E-state index contributed by atoms with van der Waals surface area (Å²) in [5, 5.41) is 14.8. The maximum Gasteiger partial charge on any atom is 0.237 e. The Bertz CT molecular complexity index is 771. The SMILES string of the molecule is CC(=O)c1ccc(NC(=O)[C@@H](C)Sc2nnnn2C[C@@H]2CCCO2)cc1. The molecule has 8 nitrogen and oxygen atoms in total. The topological polar surface area (TPSA) is 99.0 Å². The number of amides is 1. The summed E-state index contributed by atoms with van der Waals surface area (Å²) in [5.74, 6) is -0.165. The highest BCUT2D eigenvalue weighted by Gasteiger charge is 2.22. The zero-order valence-electron chi connectivity index (χ0n) is 14.7. The number of carbonyl (C=O) groups is 2. The molecule has 0 saturated carbocycles. The first-order valence-electron chi connectivity index (χ1n) is 8.49. The summed E-state index contributed by atoms with van der Waals surface area (Å²) in [4.78, 5) is 23.7. The van der Waals surface area contributed by atoms with Crippen LogP contribution in [0.15, 0.2) is 29.4 Å². The number of carbonyl (C=O) groups excluding carboxylic acids is 2. The summed E-state index contributed by atoms with van der Waals surface area (Å²) in [6, 6.07) is 6.82. The average molecular weight is 375 g/mol. The minimum absolute atomic E-state index is 0.00937. The van der Waals surface area contributed by atoms with Gasteiger partial charge >= 0.3 is 0 Å². The first kappa shape index (κ1) is 18.5. The molecule has 1 aliphatic heterocycles. The van der Waals surface area contributed by atoms with Crippen LogP contribution in [0.5, 0.6) is 0 Å². The number of benzene rings is 1. The van der Waals surface area contributed by atoms with Crippen molar-refractivity contribution in [3.8, 4) is 0 Å². The second-order valence-corrected chi connectivity index (χ2v) is 7.47. The third-order valence-corrected chi connectivity index (χ3v) is 5.18. The molecule has 0 bridgehead atoms. The molecule has 0 unspecified atom stereocenters. The van der Waals surface area contributed by atoms with Crippen molar-refractivity contribution in [2.45, 2.75) is 49.7 Å². The first-order valence-corrected chi connectivity index (χ1v) is 9.37. The Balaban J connectivity index is 1.57. The van der Waals surface area contributed by atoms with Gasteiger partial charge in [-0.25, -0.2) is 4.68 Å². The van der Waals surface area contributed by atoms with Gasteiger partial charge in [0, 0.05) is 17.9 Å². The van der Waals surface area contributed by atoms with E-state index in [9.17, 15) is 9.59 Å². The van der Waals surface area contributed by atoms with E-state index in [1.807, 2.05) is 0 Å². The van der Waals surface area contributed by atoms with Crippen LogP contribution in [0.4, 0.5) is 5.69 Å². The zero-order chi connectivity index (χ0) is 18.5. The van der Waals surface area contributed by atoms with Gasteiger partial charge in [0.2, 0.25) is 11.1 Å². The third-order valence-electron chi connectivity index (χ3n) is 4.11. The van der Waals surface area contributed by atoms with Gasteiger partial charge in [0.15, 0.2) is 5.78 Å². The van der Waals surface area contributed by atoms with E-state index < -0.39 is 0 Å². The number of hydrogen-bond donors (Lipinski definition) is 1. The molecule has 138 valence electrons. The van der Waals surface area contributed by atoms with Gasteiger partial charge < -0.3 is 10.1 Å². The van der Waals surface area contributed by atoms with Crippen LogP contribution in [0.25, 0.3) is 0 Å². The van der Waals surface area contributed by atoms with Gasteiger partial charge in [-0.1, -0.05) is 11.8 Å². The monoisotopic (exact) mass is 375 g/mol. The summed E-state index contributed by atoms with van der Waals surface area (Å²) in [5.41, 5.74) is 1.25. The van der Waals surface area contributed by atoms with Crippen molar-refractivity contribution in [2.24, 2.45) is 0 Å². The molecule has 1 saturated heterocycles. The summed E-state index contributed by atoms with van der Waals surface area (Å²) in [7, 11) is 0. The molecule has 1 aliphatic rings. The lowest BCUT2D eigenvalue weighted by Crippen LogP contribution is -2.23. The van der Waals surface area contributed by atoms with Crippen LogP contribution in [-0.2, 0) is 16.1 Å². The molecule has 3 rings (SSSR count). The molecular weight excluding hydrogens is 354 g/mol. The van der Waals surface area contributed by atoms with E-state index in [4.69, 9.17) is 4.74 Å². The summed E-state index contributed by atoms with van der Waals surface area (Å²) in [6.45, 7) is 4.68. The molecule has 9 heteroatoms. The van der Waals surface area contributed by atoms with E-state index in [-0.39, 0.29) is 23.0 Å². The Labute approximate surface area is 155 Å². The van der Waals surface area contributed by atoms with Gasteiger partial charge in [0.25, 0.3) is 0 Å². The molecule has 1 fully saturated rings. The fourth-order valence-corrected chi connectivity index (χ4v) is 3.42. The van der Waals surface area contributed by atoms with E-state index in [0.29, 0.717) is 23.0 Å². The van der Waals surface area contributed by atoms with E-state index in [1.165, 1.54) is 18.7 Å². The number of ketones is 1. The number of Topliss-reactive ketones (excluding diaryl/α,β-unsaturated/α-hetero) is 1. The maximum atomic E-state index is 12.4. The van der Waals surface area contributed by atoms with Crippen molar-refractivity contribution in [1.82, 2.24) is 20.2 Å². The molecule has 0 aliphatic carbocycles. The van der Waals surface area contributed by atoms with Crippen LogP contribution in [0.1, 0.15) is 37.0 Å². The fraction of sp³-hybridized carbons (Fsp3) is 0.471. The molecular formula is C17H21N5O3S. The average Bonchev–Trinajstić information content (AvgIpc) is 3.28. The Kier molecular flexibility index (Phi) is 6.00. The first-order chi connectivity index (χ1) is 12.5. The molecule has 2 aromatic rings. The van der Waals surface area contributed by atoms with Gasteiger partial charge in [-0.3, -0.25) is 9.59 Å². The van der Waals surface area contributed by atoms with Crippen LogP contribution in [0.3, 0.4) is 0 Å². The second-order valence-electron chi connectivity index (χ2n) is 6.16. The number of nitrogens with one attached hydrogen (secondary N) is 1. The fourth-order valence-electron chi connectivity index (χ4n) is 2.62. The van der Waals surface area contributed by atoms with Crippen molar-refractivity contribution in [3.63, 3.8) is 0 Å². The normalized spacial score (nSPS) is 17.8. The number of ether oxygens (including phenoxy) is 1. The van der Waals surface area contributed by atoms with Gasteiger partial charge in [-0.15, -0.1) is 5.10 Å². The third kappa shape index (κ3) is 4.67. The van der Waals surface area contributed by atoms with Gasteiger partial charge in [-0.05, 0) is 61.4 Å². The number of rotatable bonds is 7. The summed E-state index contributed by atoms with van der Waals surface area (Å²) in [6.07, 6.45) is 2.18. The van der Waals surface area contributed by atoms with Crippen molar-refractivity contribution in [3.05, 3.63) is 29.8 Å². The minimum atomic E-state index is -0.378.